The average Bonchev–Trinajstić information content (AvgIpc) is 3.99. The normalized spacial score (nSPS) is 14.8. The van der Waals surface area contributed by atoms with Gasteiger partial charge >= 0.3 is 13.4 Å². The van der Waals surface area contributed by atoms with Gasteiger partial charge in [0, 0.05) is 49.9 Å². The van der Waals surface area contributed by atoms with Crippen molar-refractivity contribution in [3.05, 3.63) is 144 Å². The minimum absolute atomic E-state index is 0.0640. The summed E-state index contributed by atoms with van der Waals surface area (Å²) < 4.78 is 36.6. The summed E-state index contributed by atoms with van der Waals surface area (Å²) in [7, 11) is 0. The van der Waals surface area contributed by atoms with Gasteiger partial charge in [0.15, 0.2) is 0 Å². The Balaban J connectivity index is 1.10. The number of hydrogen-bond donors (Lipinski definition) is 0. The van der Waals surface area contributed by atoms with Gasteiger partial charge in [-0.2, -0.15) is 0 Å². The second-order valence-electron chi connectivity index (χ2n) is 23.8. The summed E-state index contributed by atoms with van der Waals surface area (Å²) in [6, 6.07) is 43.7. The first-order valence-corrected chi connectivity index (χ1v) is 24.5. The zero-order chi connectivity index (χ0) is 47.8. The van der Waals surface area contributed by atoms with Crippen LogP contribution in [0.3, 0.4) is 0 Å². The minimum Gasteiger partial charge on any atom is -0.476 e. The second kappa shape index (κ2) is 13.8. The Morgan fingerprint density at radius 3 is 1.43 bits per heavy atom. The molecule has 0 radical (unpaired) electrons. The summed E-state index contributed by atoms with van der Waals surface area (Å²) in [6.45, 7) is 26.3. The number of fused-ring (bicyclic) bond motifs is 13. The Kier molecular flexibility index (Phi) is 8.45. The Bertz CT molecular complexity index is 3660. The number of nitrogens with zero attached hydrogens (tertiary/aromatic N) is 2. The fourth-order valence-corrected chi connectivity index (χ4v) is 11.2. The van der Waals surface area contributed by atoms with Gasteiger partial charge in [0.05, 0.1) is 5.69 Å². The highest BCUT2D eigenvalue weighted by Crippen LogP contribution is 2.51. The Hall–Kier alpha value is -6.99. The van der Waals surface area contributed by atoms with E-state index < -0.39 is 6.71 Å². The van der Waals surface area contributed by atoms with Crippen LogP contribution in [0.5, 0.6) is 23.0 Å². The molecule has 3 aromatic heterocycles. The molecule has 9 heteroatoms. The molecular formula is C60H56B2N2O5. The van der Waals surface area contributed by atoms with E-state index in [1.165, 1.54) is 11.1 Å². The lowest BCUT2D eigenvalue weighted by Gasteiger charge is -2.38. The monoisotopic (exact) mass is 906 g/mol. The van der Waals surface area contributed by atoms with Crippen LogP contribution in [0.25, 0.3) is 21.9 Å². The molecule has 4 aliphatic rings. The van der Waals surface area contributed by atoms with Crippen molar-refractivity contribution in [2.75, 3.05) is 9.80 Å². The van der Waals surface area contributed by atoms with Crippen molar-refractivity contribution in [1.29, 1.82) is 0 Å². The number of para-hydroxylation sites is 2. The Labute approximate surface area is 405 Å². The van der Waals surface area contributed by atoms with E-state index in [4.69, 9.17) is 22.7 Å². The van der Waals surface area contributed by atoms with Gasteiger partial charge in [-0.3, -0.25) is 4.90 Å². The predicted octanol–water partition coefficient (Wildman–Crippen LogP) is 12.8. The maximum absolute atomic E-state index is 7.57. The van der Waals surface area contributed by atoms with Crippen LogP contribution in [0.4, 0.5) is 34.3 Å². The zero-order valence-electron chi connectivity index (χ0n) is 41.6. The molecule has 0 fully saturated rings. The van der Waals surface area contributed by atoms with Crippen LogP contribution in [-0.4, -0.2) is 13.4 Å². The van der Waals surface area contributed by atoms with Crippen molar-refractivity contribution < 1.29 is 22.7 Å². The molecular weight excluding hydrogens is 850 g/mol. The molecule has 0 unspecified atom stereocenters. The van der Waals surface area contributed by atoms with Crippen LogP contribution in [0, 0.1) is 0 Å². The first kappa shape index (κ1) is 42.1. The highest BCUT2D eigenvalue weighted by Gasteiger charge is 2.55. The summed E-state index contributed by atoms with van der Waals surface area (Å²) in [5, 5.41) is 2.06. The van der Waals surface area contributed by atoms with Gasteiger partial charge in [-0.05, 0) is 111 Å². The standard InChI is InChI=1S/C60H56B2N2O5/c1-57(2,3)33-19-17-21-37(27-33)63-41-29-35(59(7,8)9)32-46-49(41)62(53-50(63)40-24-14-16-26-44(40)67-53)55-52(66-46)51-54(69-55)61-47-39-23-13-15-25-43(39)68-56(47)64(38-22-18-20-34(28-38)58(4,5)6)42-30-36(60(10,11)12)31-45(65-51)48(42)61/h13-32H,1-12H3. The summed E-state index contributed by atoms with van der Waals surface area (Å²) >= 11 is 0. The van der Waals surface area contributed by atoms with E-state index in [-0.39, 0.29) is 28.4 Å². The van der Waals surface area contributed by atoms with Crippen molar-refractivity contribution in [1.82, 2.24) is 0 Å². The molecule has 0 bridgehead atoms. The average molecular weight is 907 g/mol. The molecule has 0 saturated carbocycles. The van der Waals surface area contributed by atoms with Gasteiger partial charge in [-0.1, -0.05) is 138 Å². The second-order valence-corrected chi connectivity index (χ2v) is 23.8. The first-order valence-electron chi connectivity index (χ1n) is 24.5. The largest absolute Gasteiger partial charge is 0.476 e. The Morgan fingerprint density at radius 2 is 0.870 bits per heavy atom. The van der Waals surface area contributed by atoms with E-state index in [1.54, 1.807) is 0 Å². The zero-order valence-corrected chi connectivity index (χ0v) is 41.6. The molecule has 0 saturated heterocycles. The molecule has 4 aliphatic heterocycles. The molecule has 342 valence electrons. The lowest BCUT2D eigenvalue weighted by Crippen LogP contribution is -2.60. The molecule has 69 heavy (non-hydrogen) atoms. The highest BCUT2D eigenvalue weighted by molar-refractivity contribution is 7.01. The molecule has 0 aliphatic carbocycles. The summed E-state index contributed by atoms with van der Waals surface area (Å²) in [4.78, 5) is 4.71. The lowest BCUT2D eigenvalue weighted by molar-refractivity contribution is 0.425. The number of rotatable bonds is 2. The maximum Gasteiger partial charge on any atom is 0.346 e. The minimum atomic E-state index is -0.445. The van der Waals surface area contributed by atoms with E-state index in [9.17, 15) is 0 Å². The smallest absolute Gasteiger partial charge is 0.346 e. The number of ether oxygens (including phenoxy) is 2. The fourth-order valence-electron chi connectivity index (χ4n) is 11.2. The number of anilines is 6. The van der Waals surface area contributed by atoms with E-state index >= 15 is 0 Å². The van der Waals surface area contributed by atoms with Gasteiger partial charge < -0.3 is 27.6 Å². The van der Waals surface area contributed by atoms with Crippen molar-refractivity contribution in [3.8, 4) is 23.0 Å². The van der Waals surface area contributed by atoms with Crippen molar-refractivity contribution >= 4 is 103 Å². The van der Waals surface area contributed by atoms with E-state index in [2.05, 4.69) is 202 Å². The first-order chi connectivity index (χ1) is 32.7. The highest BCUT2D eigenvalue weighted by atomic mass is 16.5. The number of benzene rings is 6. The van der Waals surface area contributed by atoms with E-state index in [1.807, 2.05) is 12.1 Å². The van der Waals surface area contributed by atoms with Crippen LogP contribution in [0.2, 0.25) is 0 Å². The quantitative estimate of drug-likeness (QED) is 0.160. The summed E-state index contributed by atoms with van der Waals surface area (Å²) in [5.41, 5.74) is 16.3. The maximum atomic E-state index is 7.57. The van der Waals surface area contributed by atoms with Gasteiger partial charge in [0.1, 0.15) is 39.6 Å². The third-order valence-electron chi connectivity index (χ3n) is 15.0. The molecule has 0 atom stereocenters. The third kappa shape index (κ3) is 6.07. The van der Waals surface area contributed by atoms with Crippen molar-refractivity contribution in [3.63, 3.8) is 0 Å². The molecule has 0 N–H and O–H groups in total. The van der Waals surface area contributed by atoms with Crippen LogP contribution >= 0.6 is 0 Å². The number of hydrogen-bond acceptors (Lipinski definition) is 7. The van der Waals surface area contributed by atoms with E-state index in [0.717, 1.165) is 101 Å². The van der Waals surface area contributed by atoms with Crippen molar-refractivity contribution in [2.24, 2.45) is 0 Å². The number of furan rings is 3. The van der Waals surface area contributed by atoms with Crippen LogP contribution in [0.1, 0.15) is 105 Å². The summed E-state index contributed by atoms with van der Waals surface area (Å²) in [6.07, 6.45) is 0. The van der Waals surface area contributed by atoms with Crippen LogP contribution < -0.4 is 52.6 Å². The van der Waals surface area contributed by atoms with Crippen LogP contribution in [0.15, 0.2) is 135 Å². The molecule has 13 rings (SSSR count). The molecule has 7 heterocycles. The van der Waals surface area contributed by atoms with Crippen LogP contribution in [-0.2, 0) is 21.7 Å². The molecule has 0 spiro atoms. The fraction of sp³-hybridized carbons (Fsp3) is 0.267. The Morgan fingerprint density at radius 1 is 0.391 bits per heavy atom. The third-order valence-corrected chi connectivity index (χ3v) is 15.0. The molecule has 9 aromatic rings. The van der Waals surface area contributed by atoms with Gasteiger partial charge in [0.25, 0.3) is 0 Å². The predicted molar refractivity (Wildman–Crippen MR) is 285 cm³/mol. The molecule has 0 amide bonds. The van der Waals surface area contributed by atoms with Crippen molar-refractivity contribution in [2.45, 2.75) is 105 Å². The topological polar surface area (TPSA) is 64.4 Å². The van der Waals surface area contributed by atoms with Gasteiger partial charge in [-0.25, -0.2) is 0 Å². The molecule has 7 nitrogen and oxygen atoms in total. The SMILES string of the molecule is CC(C)(C)c1cccc(N2c3cc(C(C)(C)C)cc4c3B(c3oc5c(c3O4)Oc3cc(C(C)(C)C)cc4c3B5c3oc5ccccc5c3N4c3cccc(C(C)(C)C)c3)c3c2oc2ccccc32)c1. The van der Waals surface area contributed by atoms with E-state index in [0.29, 0.717) is 22.8 Å². The van der Waals surface area contributed by atoms with Gasteiger partial charge in [-0.15, -0.1) is 0 Å². The van der Waals surface area contributed by atoms with Gasteiger partial charge in [0.2, 0.25) is 17.4 Å². The lowest BCUT2D eigenvalue weighted by atomic mass is 9.36. The molecule has 6 aromatic carbocycles. The summed E-state index contributed by atoms with van der Waals surface area (Å²) in [5.74, 6) is 3.49.